The lowest BCUT2D eigenvalue weighted by atomic mass is 10.2. The molecule has 1 aromatic rings. The van der Waals surface area contributed by atoms with E-state index < -0.39 is 12.1 Å². The van der Waals surface area contributed by atoms with E-state index in [0.717, 1.165) is 17.7 Å². The van der Waals surface area contributed by atoms with Crippen molar-refractivity contribution in [2.24, 2.45) is 4.99 Å². The van der Waals surface area contributed by atoms with Gasteiger partial charge in [0.25, 0.3) is 0 Å². The summed E-state index contributed by atoms with van der Waals surface area (Å²) in [7, 11) is 1.16. The zero-order chi connectivity index (χ0) is 18.2. The van der Waals surface area contributed by atoms with Crippen molar-refractivity contribution in [1.82, 2.24) is 5.06 Å². The molecule has 0 fully saturated rings. The highest BCUT2D eigenvalue weighted by Gasteiger charge is 2.16. The fourth-order valence-electron chi connectivity index (χ4n) is 1.82. The van der Waals surface area contributed by atoms with Crippen LogP contribution in [-0.2, 0) is 20.9 Å². The maximum atomic E-state index is 11.9. The predicted molar refractivity (Wildman–Crippen MR) is 93.9 cm³/mol. The Labute approximate surface area is 152 Å². The highest BCUT2D eigenvalue weighted by molar-refractivity contribution is 9.11. The summed E-state index contributed by atoms with van der Waals surface area (Å²) in [5.41, 5.74) is 0.713. The molecule has 7 nitrogen and oxygen atoms in total. The molecule has 130 valence electrons. The maximum absolute atomic E-state index is 11.9. The Bertz CT molecular complexity index is 769. The topological polar surface area (TPSA) is 88.4 Å². The van der Waals surface area contributed by atoms with Gasteiger partial charge in [0.1, 0.15) is 6.61 Å². The first-order chi connectivity index (χ1) is 12.0. The van der Waals surface area contributed by atoms with E-state index in [2.05, 4.69) is 25.7 Å². The highest BCUT2D eigenvalue weighted by atomic mass is 79.9. The quantitative estimate of drug-likeness (QED) is 0.609. The van der Waals surface area contributed by atoms with Crippen LogP contribution in [0.3, 0.4) is 0 Å². The lowest BCUT2D eigenvalue weighted by Gasteiger charge is -2.17. The SMILES string of the molecule is COC(=O)C(/C=C1/C=CC(Br)=CN1O)=N\C(=O)OCc1ccccc1. The molecule has 0 spiro atoms. The molecular formula is C17H15BrN2O5. The Morgan fingerprint density at radius 3 is 2.64 bits per heavy atom. The molecule has 0 unspecified atom stereocenters. The number of carbonyl (C=O) groups is 2. The number of benzene rings is 1. The number of carbonyl (C=O) groups excluding carboxylic acids is 2. The third kappa shape index (κ3) is 5.70. The van der Waals surface area contributed by atoms with E-state index in [0.29, 0.717) is 4.48 Å². The van der Waals surface area contributed by atoms with E-state index in [9.17, 15) is 14.8 Å². The molecular weight excluding hydrogens is 392 g/mol. The fourth-order valence-corrected chi connectivity index (χ4v) is 2.15. The van der Waals surface area contributed by atoms with Gasteiger partial charge in [0.15, 0.2) is 5.71 Å². The molecule has 2 rings (SSSR count). The van der Waals surface area contributed by atoms with E-state index in [1.807, 2.05) is 18.2 Å². The number of aliphatic imine (C=N–C) groups is 1. The Morgan fingerprint density at radius 1 is 1.28 bits per heavy atom. The number of nitrogens with zero attached hydrogens (tertiary/aromatic N) is 2. The second-order valence-corrected chi connectivity index (χ2v) is 5.71. The van der Waals surface area contributed by atoms with Crippen molar-refractivity contribution in [2.45, 2.75) is 6.61 Å². The summed E-state index contributed by atoms with van der Waals surface area (Å²) >= 11 is 3.20. The first-order valence-corrected chi connectivity index (χ1v) is 7.92. The lowest BCUT2D eigenvalue weighted by Crippen LogP contribution is -2.20. The number of hydrogen-bond acceptors (Lipinski definition) is 6. The molecule has 8 heteroatoms. The van der Waals surface area contributed by atoms with Gasteiger partial charge >= 0.3 is 12.1 Å². The van der Waals surface area contributed by atoms with Crippen molar-refractivity contribution in [3.8, 4) is 0 Å². The number of methoxy groups -OCH3 is 1. The third-order valence-electron chi connectivity index (χ3n) is 3.02. The molecule has 0 aromatic heterocycles. The molecule has 1 N–H and O–H groups in total. The summed E-state index contributed by atoms with van der Waals surface area (Å²) in [6.45, 7) is 0.0237. The molecule has 1 aromatic carbocycles. The Balaban J connectivity index is 2.14. The Morgan fingerprint density at radius 2 is 2.00 bits per heavy atom. The van der Waals surface area contributed by atoms with Crippen LogP contribution in [0.2, 0.25) is 0 Å². The molecule has 1 heterocycles. The zero-order valence-electron chi connectivity index (χ0n) is 13.3. The molecule has 0 radical (unpaired) electrons. The molecule has 25 heavy (non-hydrogen) atoms. The van der Waals surface area contributed by atoms with Crippen LogP contribution in [0.1, 0.15) is 5.56 Å². The molecule has 0 saturated heterocycles. The minimum atomic E-state index is -0.942. The number of halogens is 1. The van der Waals surface area contributed by atoms with Crippen molar-refractivity contribution in [2.75, 3.05) is 7.11 Å². The minimum Gasteiger partial charge on any atom is -0.464 e. The number of esters is 1. The van der Waals surface area contributed by atoms with Gasteiger partial charge in [-0.25, -0.2) is 14.7 Å². The predicted octanol–water partition coefficient (Wildman–Crippen LogP) is 3.32. The van der Waals surface area contributed by atoms with Crippen molar-refractivity contribution in [3.63, 3.8) is 0 Å². The molecule has 0 aliphatic carbocycles. The average Bonchev–Trinajstić information content (AvgIpc) is 2.61. The van der Waals surface area contributed by atoms with Gasteiger partial charge < -0.3 is 9.47 Å². The van der Waals surface area contributed by atoms with Crippen LogP contribution in [0.25, 0.3) is 0 Å². The number of allylic oxidation sites excluding steroid dienone is 3. The van der Waals surface area contributed by atoms with E-state index in [4.69, 9.17) is 4.74 Å². The van der Waals surface area contributed by atoms with E-state index in [1.54, 1.807) is 18.2 Å². The van der Waals surface area contributed by atoms with Crippen LogP contribution in [0.4, 0.5) is 4.79 Å². The van der Waals surface area contributed by atoms with Crippen molar-refractivity contribution in [1.29, 1.82) is 0 Å². The lowest BCUT2D eigenvalue weighted by molar-refractivity contribution is -0.132. The monoisotopic (exact) mass is 406 g/mol. The summed E-state index contributed by atoms with van der Waals surface area (Å²) < 4.78 is 10.2. The average molecular weight is 407 g/mol. The number of hydroxylamine groups is 2. The van der Waals surface area contributed by atoms with Gasteiger partial charge in [0.2, 0.25) is 0 Å². The standard InChI is InChI=1S/C17H15BrN2O5/c1-24-16(21)15(9-14-8-7-13(18)10-20(14)23)19-17(22)25-11-12-5-3-2-4-6-12/h2-10,23H,11H2,1H3/b14-9-,19-15-. The number of rotatable bonds is 4. The molecule has 1 aliphatic heterocycles. The first kappa shape index (κ1) is 18.6. The minimum absolute atomic E-state index is 0.0237. The van der Waals surface area contributed by atoms with E-state index in [-0.39, 0.29) is 18.0 Å². The van der Waals surface area contributed by atoms with Gasteiger partial charge in [-0.2, -0.15) is 4.99 Å². The van der Waals surface area contributed by atoms with E-state index >= 15 is 0 Å². The highest BCUT2D eigenvalue weighted by Crippen LogP contribution is 2.18. The smallest absolute Gasteiger partial charge is 0.434 e. The van der Waals surface area contributed by atoms with Crippen molar-refractivity contribution >= 4 is 33.7 Å². The Kier molecular flexibility index (Phi) is 6.67. The first-order valence-electron chi connectivity index (χ1n) is 7.12. The maximum Gasteiger partial charge on any atom is 0.434 e. The Hall–Kier alpha value is -2.71. The van der Waals surface area contributed by atoms with Crippen molar-refractivity contribution in [3.05, 3.63) is 70.5 Å². The summed E-state index contributed by atoms with van der Waals surface area (Å²) in [5, 5.41) is 10.6. The van der Waals surface area contributed by atoms with Gasteiger partial charge in [-0.1, -0.05) is 30.3 Å². The summed E-state index contributed by atoms with van der Waals surface area (Å²) in [6, 6.07) is 9.05. The zero-order valence-corrected chi connectivity index (χ0v) is 14.8. The fraction of sp³-hybridized carbons (Fsp3) is 0.118. The van der Waals surface area contributed by atoms with Gasteiger partial charge in [0, 0.05) is 10.7 Å². The number of amides is 1. The van der Waals surface area contributed by atoms with Crippen LogP contribution < -0.4 is 0 Å². The summed E-state index contributed by atoms with van der Waals surface area (Å²) in [4.78, 5) is 27.3. The van der Waals surface area contributed by atoms with Crippen molar-refractivity contribution < 1.29 is 24.3 Å². The molecule has 1 amide bonds. The van der Waals surface area contributed by atoms with Gasteiger partial charge in [0.05, 0.1) is 12.8 Å². The van der Waals surface area contributed by atoms with Crippen LogP contribution in [0.5, 0.6) is 0 Å². The van der Waals surface area contributed by atoms with Crippen LogP contribution >= 0.6 is 15.9 Å². The van der Waals surface area contributed by atoms with Gasteiger partial charge in [-0.05, 0) is 39.7 Å². The number of hydrogen-bond donors (Lipinski definition) is 1. The summed E-state index contributed by atoms with van der Waals surface area (Å²) in [6.07, 6.45) is 4.82. The molecule has 1 aliphatic rings. The van der Waals surface area contributed by atoms with Crippen LogP contribution in [0, 0.1) is 0 Å². The second-order valence-electron chi connectivity index (χ2n) is 4.79. The number of ether oxygens (including phenoxy) is 2. The summed E-state index contributed by atoms with van der Waals surface area (Å²) in [5.74, 6) is -0.834. The molecule has 0 bridgehead atoms. The molecule has 0 saturated carbocycles. The van der Waals surface area contributed by atoms with Crippen LogP contribution in [0.15, 0.2) is 69.9 Å². The van der Waals surface area contributed by atoms with Gasteiger partial charge in [-0.3, -0.25) is 5.21 Å². The van der Waals surface area contributed by atoms with E-state index in [1.165, 1.54) is 18.4 Å². The second kappa shape index (κ2) is 8.95. The normalized spacial score (nSPS) is 15.8. The molecule has 0 atom stereocenters. The van der Waals surface area contributed by atoms with Crippen LogP contribution in [-0.4, -0.2) is 35.2 Å². The largest absolute Gasteiger partial charge is 0.464 e. The van der Waals surface area contributed by atoms with Gasteiger partial charge in [-0.15, -0.1) is 0 Å². The third-order valence-corrected chi connectivity index (χ3v) is 3.49.